The summed E-state index contributed by atoms with van der Waals surface area (Å²) in [5.41, 5.74) is -1.35. The molecule has 8 nitrogen and oxygen atoms in total. The van der Waals surface area contributed by atoms with Crippen LogP contribution in [0.4, 0.5) is 13.2 Å². The third-order valence-electron chi connectivity index (χ3n) is 5.54. The Hall–Kier alpha value is -1.82. The standard InChI is InChI=1S/C15H19F3N4O4S/c1-3-22(4-2)14(12(25)26)5-6(7-8(9(7)14)10(23)24)27-13-19-11(20-21-13)15(16,17)18/h6-9H,3-5H2,1-2H3,(H,23,24)(H,25,26)(H,19,20,21)/t6-,7+,8+,9+,14+/m1/s1. The van der Waals surface area contributed by atoms with Gasteiger partial charge >= 0.3 is 18.1 Å². The first-order valence-corrected chi connectivity index (χ1v) is 9.33. The molecule has 1 aromatic rings. The summed E-state index contributed by atoms with van der Waals surface area (Å²) in [6.07, 6.45) is -4.54. The van der Waals surface area contributed by atoms with Crippen molar-refractivity contribution in [3.8, 4) is 0 Å². The number of aliphatic carboxylic acids is 2. The highest BCUT2D eigenvalue weighted by molar-refractivity contribution is 7.99. The van der Waals surface area contributed by atoms with E-state index in [4.69, 9.17) is 0 Å². The number of aromatic nitrogens is 3. The third kappa shape index (κ3) is 3.08. The number of alkyl halides is 3. The van der Waals surface area contributed by atoms with Gasteiger partial charge in [-0.15, -0.1) is 5.10 Å². The number of nitrogens with zero attached hydrogens (tertiary/aromatic N) is 3. The predicted octanol–water partition coefficient (Wildman–Crippen LogP) is 1.80. The highest BCUT2D eigenvalue weighted by atomic mass is 32.2. The van der Waals surface area contributed by atoms with E-state index in [0.717, 1.165) is 11.8 Å². The molecular weight excluding hydrogens is 389 g/mol. The molecule has 12 heteroatoms. The van der Waals surface area contributed by atoms with Gasteiger partial charge < -0.3 is 10.2 Å². The fourth-order valence-electron chi connectivity index (χ4n) is 4.48. The van der Waals surface area contributed by atoms with Gasteiger partial charge in [0, 0.05) is 11.2 Å². The Morgan fingerprint density at radius 3 is 2.41 bits per heavy atom. The molecule has 0 aromatic carbocycles. The summed E-state index contributed by atoms with van der Waals surface area (Å²) in [6.45, 7) is 4.45. The number of rotatable bonds is 7. The maximum absolute atomic E-state index is 12.7. The molecule has 0 spiro atoms. The second-order valence-corrected chi connectivity index (χ2v) is 7.90. The zero-order chi connectivity index (χ0) is 20.1. The molecule has 0 saturated heterocycles. The van der Waals surface area contributed by atoms with Crippen molar-refractivity contribution in [2.24, 2.45) is 17.8 Å². The van der Waals surface area contributed by atoms with Crippen molar-refractivity contribution >= 4 is 23.7 Å². The Balaban J connectivity index is 1.90. The van der Waals surface area contributed by atoms with E-state index in [1.807, 2.05) is 5.10 Å². The Morgan fingerprint density at radius 1 is 1.33 bits per heavy atom. The van der Waals surface area contributed by atoms with Crippen molar-refractivity contribution in [1.82, 2.24) is 20.1 Å². The average molecular weight is 408 g/mol. The van der Waals surface area contributed by atoms with Crippen molar-refractivity contribution in [2.75, 3.05) is 13.1 Å². The maximum atomic E-state index is 12.7. The summed E-state index contributed by atoms with van der Waals surface area (Å²) < 4.78 is 38.1. The second kappa shape index (κ2) is 6.66. The van der Waals surface area contributed by atoms with E-state index < -0.39 is 52.5 Å². The number of carboxylic acid groups (broad SMARTS) is 2. The molecule has 0 bridgehead atoms. The lowest BCUT2D eigenvalue weighted by molar-refractivity contribution is -0.154. The quantitative estimate of drug-likeness (QED) is 0.625. The molecule has 0 radical (unpaired) electrons. The lowest BCUT2D eigenvalue weighted by Crippen LogP contribution is -2.56. The number of fused-ring (bicyclic) bond motifs is 1. The monoisotopic (exact) mass is 408 g/mol. The number of nitrogens with one attached hydrogen (secondary N) is 1. The van der Waals surface area contributed by atoms with E-state index >= 15 is 0 Å². The zero-order valence-corrected chi connectivity index (χ0v) is 15.3. The van der Waals surface area contributed by atoms with Gasteiger partial charge in [0.15, 0.2) is 0 Å². The molecule has 1 aromatic heterocycles. The van der Waals surface area contributed by atoms with E-state index in [9.17, 15) is 33.0 Å². The van der Waals surface area contributed by atoms with Gasteiger partial charge in [-0.1, -0.05) is 25.6 Å². The Morgan fingerprint density at radius 2 is 1.96 bits per heavy atom. The van der Waals surface area contributed by atoms with Crippen LogP contribution in [0.2, 0.25) is 0 Å². The first-order chi connectivity index (χ1) is 12.6. The summed E-state index contributed by atoms with van der Waals surface area (Å²) in [5, 5.41) is 24.2. The van der Waals surface area contributed by atoms with Crippen LogP contribution in [0.3, 0.4) is 0 Å². The van der Waals surface area contributed by atoms with Crippen molar-refractivity contribution in [3.05, 3.63) is 5.82 Å². The van der Waals surface area contributed by atoms with Gasteiger partial charge in [0.05, 0.1) is 5.92 Å². The molecule has 1 heterocycles. The molecule has 3 N–H and O–H groups in total. The summed E-state index contributed by atoms with van der Waals surface area (Å²) in [4.78, 5) is 28.9. The number of carboxylic acids is 2. The maximum Gasteiger partial charge on any atom is 0.451 e. The van der Waals surface area contributed by atoms with Crippen LogP contribution in [-0.2, 0) is 15.8 Å². The van der Waals surface area contributed by atoms with E-state index in [-0.39, 0.29) is 11.6 Å². The second-order valence-electron chi connectivity index (χ2n) is 6.69. The molecule has 2 aliphatic rings. The summed E-state index contributed by atoms with van der Waals surface area (Å²) in [7, 11) is 0. The van der Waals surface area contributed by atoms with Crippen LogP contribution in [0, 0.1) is 17.8 Å². The van der Waals surface area contributed by atoms with Crippen molar-refractivity contribution in [3.63, 3.8) is 0 Å². The van der Waals surface area contributed by atoms with Gasteiger partial charge in [-0.05, 0) is 25.4 Å². The van der Waals surface area contributed by atoms with E-state index in [1.54, 1.807) is 18.7 Å². The highest BCUT2D eigenvalue weighted by Gasteiger charge is 2.76. The molecular formula is C15H19F3N4O4S. The topological polar surface area (TPSA) is 119 Å². The summed E-state index contributed by atoms with van der Waals surface area (Å²) in [6, 6.07) is 0. The van der Waals surface area contributed by atoms with Gasteiger partial charge in [0.1, 0.15) is 5.54 Å². The molecule has 0 amide bonds. The van der Waals surface area contributed by atoms with Gasteiger partial charge in [0.2, 0.25) is 11.0 Å². The number of hydrogen-bond acceptors (Lipinski definition) is 6. The predicted molar refractivity (Wildman–Crippen MR) is 87.0 cm³/mol. The number of likely N-dealkylation sites (N-methyl/N-ethyl adjacent to an activating group) is 1. The van der Waals surface area contributed by atoms with Crippen LogP contribution >= 0.6 is 11.8 Å². The fraction of sp³-hybridized carbons (Fsp3) is 0.733. The Labute approximate surface area is 156 Å². The Bertz CT molecular complexity index is 754. The van der Waals surface area contributed by atoms with Crippen LogP contribution in [0.25, 0.3) is 0 Å². The molecule has 150 valence electrons. The molecule has 2 fully saturated rings. The van der Waals surface area contributed by atoms with E-state index in [0.29, 0.717) is 13.1 Å². The Kier molecular flexibility index (Phi) is 4.91. The molecule has 2 aliphatic carbocycles. The van der Waals surface area contributed by atoms with E-state index in [1.165, 1.54) is 0 Å². The number of halogens is 3. The number of hydrogen-bond donors (Lipinski definition) is 3. The SMILES string of the molecule is CCN(CC)[C@@]1(C(=O)O)C[C@@H](Sc2n[nH]c(C(F)(F)F)n2)[C@H]2[C@H](C(=O)O)[C@H]21. The first-order valence-electron chi connectivity index (χ1n) is 8.45. The van der Waals surface area contributed by atoms with Gasteiger partial charge in [0.25, 0.3) is 0 Å². The minimum Gasteiger partial charge on any atom is -0.481 e. The lowest BCUT2D eigenvalue weighted by Gasteiger charge is -2.39. The smallest absolute Gasteiger partial charge is 0.451 e. The van der Waals surface area contributed by atoms with Gasteiger partial charge in [-0.3, -0.25) is 19.6 Å². The largest absolute Gasteiger partial charge is 0.481 e. The summed E-state index contributed by atoms with van der Waals surface area (Å²) >= 11 is 0.910. The first kappa shape index (κ1) is 19.9. The molecule has 0 unspecified atom stereocenters. The highest BCUT2D eigenvalue weighted by Crippen LogP contribution is 2.67. The van der Waals surface area contributed by atoms with Crippen LogP contribution in [0.15, 0.2) is 5.16 Å². The van der Waals surface area contributed by atoms with Crippen molar-refractivity contribution in [1.29, 1.82) is 0 Å². The molecule has 5 atom stereocenters. The van der Waals surface area contributed by atoms with Crippen molar-refractivity contribution < 1.29 is 33.0 Å². The van der Waals surface area contributed by atoms with Crippen molar-refractivity contribution in [2.45, 2.75) is 42.4 Å². The van der Waals surface area contributed by atoms with Crippen LogP contribution in [0.1, 0.15) is 26.1 Å². The van der Waals surface area contributed by atoms with Gasteiger partial charge in [-0.2, -0.15) is 18.2 Å². The van der Waals surface area contributed by atoms with Crippen LogP contribution in [0.5, 0.6) is 0 Å². The molecule has 0 aliphatic heterocycles. The zero-order valence-electron chi connectivity index (χ0n) is 14.5. The lowest BCUT2D eigenvalue weighted by atomic mass is 9.88. The number of aromatic amines is 1. The molecule has 3 rings (SSSR count). The summed E-state index contributed by atoms with van der Waals surface area (Å²) in [5.74, 6) is -5.30. The van der Waals surface area contributed by atoms with Crippen LogP contribution in [-0.4, -0.2) is 66.1 Å². The fourth-order valence-corrected chi connectivity index (χ4v) is 5.83. The normalized spacial score (nSPS) is 32.5. The van der Waals surface area contributed by atoms with Crippen LogP contribution < -0.4 is 0 Å². The average Bonchev–Trinajstić information content (AvgIpc) is 2.99. The molecule has 2 saturated carbocycles. The minimum absolute atomic E-state index is 0.129. The minimum atomic E-state index is -4.67. The number of thioether (sulfide) groups is 1. The number of H-pyrrole nitrogens is 1. The van der Waals surface area contributed by atoms with Gasteiger partial charge in [-0.25, -0.2) is 0 Å². The molecule has 27 heavy (non-hydrogen) atoms. The number of carbonyl (C=O) groups is 2. The third-order valence-corrected chi connectivity index (χ3v) is 6.72. The van der Waals surface area contributed by atoms with E-state index in [2.05, 4.69) is 10.1 Å².